The van der Waals surface area contributed by atoms with Crippen LogP contribution in [0.2, 0.25) is 0 Å². The highest BCUT2D eigenvalue weighted by atomic mass is 16.2. The maximum absolute atomic E-state index is 12.1. The molecule has 0 aliphatic carbocycles. The molecule has 2 N–H and O–H groups in total. The van der Waals surface area contributed by atoms with Crippen LogP contribution < -0.4 is 5.73 Å². The Morgan fingerprint density at radius 1 is 1.04 bits per heavy atom. The van der Waals surface area contributed by atoms with E-state index in [0.29, 0.717) is 12.3 Å². The predicted molar refractivity (Wildman–Crippen MR) is 96.0 cm³/mol. The first-order valence-corrected chi connectivity index (χ1v) is 8.71. The predicted octanol–water partition coefficient (Wildman–Crippen LogP) is 2.36. The van der Waals surface area contributed by atoms with Crippen molar-refractivity contribution >= 4 is 12.0 Å². The van der Waals surface area contributed by atoms with E-state index in [2.05, 4.69) is 41.3 Å². The summed E-state index contributed by atoms with van der Waals surface area (Å²) in [5.41, 5.74) is 6.71. The third kappa shape index (κ3) is 6.55. The molecule has 0 atom stereocenters. The number of nitrogens with two attached hydrogens (primary N) is 1. The molecule has 1 saturated heterocycles. The highest BCUT2D eigenvalue weighted by Gasteiger charge is 2.19. The second kappa shape index (κ2) is 10.2. The average Bonchev–Trinajstić information content (AvgIpc) is 2.60. The monoisotopic (exact) mass is 315 g/mol. The summed E-state index contributed by atoms with van der Waals surface area (Å²) in [6.45, 7) is 5.32. The minimum Gasteiger partial charge on any atom is -0.340 e. The molecule has 0 radical (unpaired) electrons. The van der Waals surface area contributed by atoms with Crippen LogP contribution in [0, 0.1) is 0 Å². The molecule has 0 unspecified atom stereocenters. The lowest BCUT2D eigenvalue weighted by atomic mass is 10.1. The van der Waals surface area contributed by atoms with Gasteiger partial charge in [-0.2, -0.15) is 0 Å². The van der Waals surface area contributed by atoms with Crippen molar-refractivity contribution in [1.82, 2.24) is 9.80 Å². The van der Waals surface area contributed by atoms with E-state index in [1.807, 2.05) is 11.0 Å². The number of nitrogens with zero attached hydrogens (tertiary/aromatic N) is 2. The van der Waals surface area contributed by atoms with Gasteiger partial charge in [0.2, 0.25) is 5.91 Å². The first-order valence-electron chi connectivity index (χ1n) is 8.71. The van der Waals surface area contributed by atoms with E-state index in [9.17, 15) is 4.79 Å². The molecule has 1 aromatic carbocycles. The molecule has 1 aliphatic rings. The average molecular weight is 315 g/mol. The van der Waals surface area contributed by atoms with Crippen molar-refractivity contribution in [3.05, 3.63) is 42.0 Å². The van der Waals surface area contributed by atoms with E-state index in [4.69, 9.17) is 5.73 Å². The lowest BCUT2D eigenvalue weighted by molar-refractivity contribution is -0.133. The van der Waals surface area contributed by atoms with Crippen LogP contribution >= 0.6 is 0 Å². The number of carbonyl (C=O) groups excluding carboxylic acids is 1. The fourth-order valence-electron chi connectivity index (χ4n) is 2.84. The van der Waals surface area contributed by atoms with Gasteiger partial charge < -0.3 is 10.6 Å². The Labute approximate surface area is 140 Å². The molecule has 1 aromatic rings. The summed E-state index contributed by atoms with van der Waals surface area (Å²) in [5, 5.41) is 0. The standard InChI is InChI=1S/C19H29N3O/c20-12-6-2-5-11-19(23)22-16-14-21(15-17-22)13-7-10-18-8-3-1-4-9-18/h1,3-4,7-10H,2,5-6,11-17,20H2/b10-7+. The Morgan fingerprint density at radius 3 is 2.48 bits per heavy atom. The van der Waals surface area contributed by atoms with Crippen molar-refractivity contribution in [1.29, 1.82) is 0 Å². The number of carbonyl (C=O) groups is 1. The zero-order valence-electron chi connectivity index (χ0n) is 14.0. The quantitative estimate of drug-likeness (QED) is 0.749. The number of piperazine rings is 1. The fourth-order valence-corrected chi connectivity index (χ4v) is 2.84. The Bertz CT molecular complexity index is 479. The molecular formula is C19H29N3O. The molecule has 1 fully saturated rings. The van der Waals surface area contributed by atoms with Gasteiger partial charge in [0.1, 0.15) is 0 Å². The van der Waals surface area contributed by atoms with Crippen molar-refractivity contribution in [2.45, 2.75) is 25.7 Å². The maximum atomic E-state index is 12.1. The van der Waals surface area contributed by atoms with Gasteiger partial charge >= 0.3 is 0 Å². The first kappa shape index (κ1) is 17.7. The molecule has 1 heterocycles. The van der Waals surface area contributed by atoms with Gasteiger partial charge in [0, 0.05) is 39.1 Å². The zero-order valence-corrected chi connectivity index (χ0v) is 14.0. The Balaban J connectivity index is 1.63. The third-order valence-corrected chi connectivity index (χ3v) is 4.29. The lowest BCUT2D eigenvalue weighted by Gasteiger charge is -2.34. The van der Waals surface area contributed by atoms with E-state index in [1.54, 1.807) is 0 Å². The zero-order chi connectivity index (χ0) is 16.3. The van der Waals surface area contributed by atoms with Gasteiger partial charge in [-0.15, -0.1) is 0 Å². The normalized spacial score (nSPS) is 16.1. The van der Waals surface area contributed by atoms with E-state index in [-0.39, 0.29) is 0 Å². The number of hydrogen-bond donors (Lipinski definition) is 1. The number of amides is 1. The van der Waals surface area contributed by atoms with Gasteiger partial charge in [-0.3, -0.25) is 9.69 Å². The minimum absolute atomic E-state index is 0.307. The summed E-state index contributed by atoms with van der Waals surface area (Å²) in [7, 11) is 0. The molecule has 1 amide bonds. The van der Waals surface area contributed by atoms with Crippen LogP contribution in [0.15, 0.2) is 36.4 Å². The summed E-state index contributed by atoms with van der Waals surface area (Å²) in [6.07, 6.45) is 8.10. The van der Waals surface area contributed by atoms with Crippen LogP contribution in [0.3, 0.4) is 0 Å². The second-order valence-corrected chi connectivity index (χ2v) is 6.09. The highest BCUT2D eigenvalue weighted by Crippen LogP contribution is 2.08. The van der Waals surface area contributed by atoms with Gasteiger partial charge in [-0.1, -0.05) is 48.9 Å². The molecule has 0 bridgehead atoms. The molecular weight excluding hydrogens is 286 g/mol. The van der Waals surface area contributed by atoms with Crippen molar-refractivity contribution in [3.63, 3.8) is 0 Å². The van der Waals surface area contributed by atoms with Gasteiger partial charge in [0.15, 0.2) is 0 Å². The molecule has 4 nitrogen and oxygen atoms in total. The van der Waals surface area contributed by atoms with Gasteiger partial charge in [-0.05, 0) is 24.9 Å². The van der Waals surface area contributed by atoms with Crippen LogP contribution in [0.25, 0.3) is 6.08 Å². The molecule has 126 valence electrons. The first-order chi connectivity index (χ1) is 11.3. The second-order valence-electron chi connectivity index (χ2n) is 6.09. The molecule has 23 heavy (non-hydrogen) atoms. The molecule has 0 saturated carbocycles. The van der Waals surface area contributed by atoms with Gasteiger partial charge in [0.25, 0.3) is 0 Å². The maximum Gasteiger partial charge on any atom is 0.222 e. The Morgan fingerprint density at radius 2 is 1.78 bits per heavy atom. The summed E-state index contributed by atoms with van der Waals surface area (Å²) in [4.78, 5) is 16.5. The summed E-state index contributed by atoms with van der Waals surface area (Å²) in [5.74, 6) is 0.307. The van der Waals surface area contributed by atoms with Crippen molar-refractivity contribution in [2.24, 2.45) is 5.73 Å². The van der Waals surface area contributed by atoms with Crippen molar-refractivity contribution in [2.75, 3.05) is 39.3 Å². The van der Waals surface area contributed by atoms with E-state index in [0.717, 1.165) is 58.5 Å². The molecule has 0 aromatic heterocycles. The van der Waals surface area contributed by atoms with E-state index in [1.165, 1.54) is 5.56 Å². The third-order valence-electron chi connectivity index (χ3n) is 4.29. The van der Waals surface area contributed by atoms with Crippen LogP contribution in [-0.2, 0) is 4.79 Å². The molecule has 0 spiro atoms. The molecule has 2 rings (SSSR count). The summed E-state index contributed by atoms with van der Waals surface area (Å²) >= 11 is 0. The SMILES string of the molecule is NCCCCCC(=O)N1CCN(C/C=C/c2ccccc2)CC1. The van der Waals surface area contributed by atoms with Crippen LogP contribution in [0.5, 0.6) is 0 Å². The summed E-state index contributed by atoms with van der Waals surface area (Å²) in [6, 6.07) is 10.4. The number of hydrogen-bond acceptors (Lipinski definition) is 3. The van der Waals surface area contributed by atoms with Crippen LogP contribution in [0.1, 0.15) is 31.2 Å². The topological polar surface area (TPSA) is 49.6 Å². The van der Waals surface area contributed by atoms with Crippen molar-refractivity contribution < 1.29 is 4.79 Å². The van der Waals surface area contributed by atoms with E-state index >= 15 is 0 Å². The Kier molecular flexibility index (Phi) is 7.84. The largest absolute Gasteiger partial charge is 0.340 e. The van der Waals surface area contributed by atoms with Gasteiger partial charge in [-0.25, -0.2) is 0 Å². The number of benzene rings is 1. The highest BCUT2D eigenvalue weighted by molar-refractivity contribution is 5.76. The summed E-state index contributed by atoms with van der Waals surface area (Å²) < 4.78 is 0. The van der Waals surface area contributed by atoms with Crippen molar-refractivity contribution in [3.8, 4) is 0 Å². The number of rotatable bonds is 8. The van der Waals surface area contributed by atoms with Crippen LogP contribution in [-0.4, -0.2) is 55.0 Å². The van der Waals surface area contributed by atoms with Crippen LogP contribution in [0.4, 0.5) is 0 Å². The number of unbranched alkanes of at least 4 members (excludes halogenated alkanes) is 2. The van der Waals surface area contributed by atoms with E-state index < -0.39 is 0 Å². The Hall–Kier alpha value is -1.65. The lowest BCUT2D eigenvalue weighted by Crippen LogP contribution is -2.48. The molecule has 4 heteroatoms. The fraction of sp³-hybridized carbons (Fsp3) is 0.526. The molecule has 1 aliphatic heterocycles. The minimum atomic E-state index is 0.307. The van der Waals surface area contributed by atoms with Gasteiger partial charge in [0.05, 0.1) is 0 Å². The smallest absolute Gasteiger partial charge is 0.222 e.